The van der Waals surface area contributed by atoms with Gasteiger partial charge in [0.15, 0.2) is 0 Å². The van der Waals surface area contributed by atoms with Crippen molar-refractivity contribution in [2.24, 2.45) is 0 Å². The van der Waals surface area contributed by atoms with E-state index >= 15 is 0 Å². The number of piperidine rings is 2. The quantitative estimate of drug-likeness (QED) is 0.762. The van der Waals surface area contributed by atoms with Gasteiger partial charge in [-0.1, -0.05) is 0 Å². The molecule has 18 heavy (non-hydrogen) atoms. The number of nitrogens with zero attached hydrogens (tertiary/aromatic N) is 2. The molecule has 2 aliphatic heterocycles. The molecular weight excluding hydrogens is 245 g/mol. The van der Waals surface area contributed by atoms with Crippen molar-refractivity contribution in [3.63, 3.8) is 0 Å². The van der Waals surface area contributed by atoms with Crippen LogP contribution in [0.25, 0.3) is 0 Å². The number of alkyl halides is 3. The first-order valence-electron chi connectivity index (χ1n) is 6.54. The van der Waals surface area contributed by atoms with Crippen LogP contribution in [-0.2, 0) is 4.79 Å². The Morgan fingerprint density at radius 2 is 1.78 bits per heavy atom. The second kappa shape index (κ2) is 5.47. The molecular formula is C12H19F3N2O. The summed E-state index contributed by atoms with van der Waals surface area (Å²) in [6.07, 6.45) is -0.211. The van der Waals surface area contributed by atoms with E-state index in [-0.39, 0.29) is 11.9 Å². The summed E-state index contributed by atoms with van der Waals surface area (Å²) in [5, 5.41) is 0. The molecule has 0 aromatic heterocycles. The Kier molecular flexibility index (Phi) is 4.14. The monoisotopic (exact) mass is 264 g/mol. The minimum Gasteiger partial charge on any atom is -0.340 e. The Morgan fingerprint density at radius 3 is 2.33 bits per heavy atom. The van der Waals surface area contributed by atoms with Gasteiger partial charge < -0.3 is 4.90 Å². The molecule has 0 N–H and O–H groups in total. The molecule has 0 aromatic carbocycles. The maximum atomic E-state index is 12.2. The van der Waals surface area contributed by atoms with Gasteiger partial charge in [-0.15, -0.1) is 0 Å². The fourth-order valence-electron chi connectivity index (χ4n) is 2.86. The molecule has 0 spiro atoms. The lowest BCUT2D eigenvalue weighted by Gasteiger charge is -2.40. The van der Waals surface area contributed by atoms with Gasteiger partial charge >= 0.3 is 6.18 Å². The molecule has 2 fully saturated rings. The molecule has 0 bridgehead atoms. The predicted octanol–water partition coefficient (Wildman–Crippen LogP) is 2.03. The summed E-state index contributed by atoms with van der Waals surface area (Å²) >= 11 is 0. The summed E-state index contributed by atoms with van der Waals surface area (Å²) in [5.74, 6) is 0.176. The summed E-state index contributed by atoms with van der Waals surface area (Å²) in [5.41, 5.74) is 0. The van der Waals surface area contributed by atoms with E-state index in [0.717, 1.165) is 19.4 Å². The molecule has 2 saturated heterocycles. The summed E-state index contributed by atoms with van der Waals surface area (Å²) in [4.78, 5) is 15.1. The number of hydrogen-bond donors (Lipinski definition) is 0. The van der Waals surface area contributed by atoms with Crippen LogP contribution in [0.3, 0.4) is 0 Å². The molecule has 0 aromatic rings. The normalized spacial score (nSPS) is 24.6. The number of rotatable bonds is 2. The van der Waals surface area contributed by atoms with Gasteiger partial charge in [0, 0.05) is 32.1 Å². The number of amides is 1. The third-order valence-electron chi connectivity index (χ3n) is 3.76. The van der Waals surface area contributed by atoms with Crippen LogP contribution < -0.4 is 0 Å². The molecule has 2 heterocycles. The predicted molar refractivity (Wildman–Crippen MR) is 61.1 cm³/mol. The van der Waals surface area contributed by atoms with E-state index in [9.17, 15) is 18.0 Å². The lowest BCUT2D eigenvalue weighted by molar-refractivity contribution is -0.151. The van der Waals surface area contributed by atoms with Crippen LogP contribution in [0.4, 0.5) is 13.2 Å². The highest BCUT2D eigenvalue weighted by atomic mass is 19.4. The first-order chi connectivity index (χ1) is 8.46. The SMILES string of the molecule is O=C1CCCCN1C1CCN(CC(F)(F)F)CC1. The van der Waals surface area contributed by atoms with Crippen LogP contribution in [0.1, 0.15) is 32.1 Å². The number of hydrogen-bond acceptors (Lipinski definition) is 2. The van der Waals surface area contributed by atoms with Crippen molar-refractivity contribution in [3.8, 4) is 0 Å². The number of likely N-dealkylation sites (tertiary alicyclic amines) is 2. The molecule has 1 amide bonds. The lowest BCUT2D eigenvalue weighted by Crippen LogP contribution is -2.50. The van der Waals surface area contributed by atoms with Crippen molar-refractivity contribution in [1.29, 1.82) is 0 Å². The molecule has 2 aliphatic rings. The van der Waals surface area contributed by atoms with Gasteiger partial charge in [0.2, 0.25) is 5.91 Å². The summed E-state index contributed by atoms with van der Waals surface area (Å²) < 4.78 is 36.7. The average Bonchev–Trinajstić information content (AvgIpc) is 2.29. The Morgan fingerprint density at radius 1 is 1.11 bits per heavy atom. The first-order valence-corrected chi connectivity index (χ1v) is 6.54. The maximum Gasteiger partial charge on any atom is 0.401 e. The second-order valence-corrected chi connectivity index (χ2v) is 5.17. The Labute approximate surface area is 105 Å². The fourth-order valence-corrected chi connectivity index (χ4v) is 2.86. The minimum atomic E-state index is -4.12. The van der Waals surface area contributed by atoms with Gasteiger partial charge in [-0.3, -0.25) is 9.69 Å². The Hall–Kier alpha value is -0.780. The highest BCUT2D eigenvalue weighted by Crippen LogP contribution is 2.24. The van der Waals surface area contributed by atoms with E-state index in [1.165, 1.54) is 4.90 Å². The van der Waals surface area contributed by atoms with E-state index in [2.05, 4.69) is 0 Å². The van der Waals surface area contributed by atoms with Gasteiger partial charge in [-0.2, -0.15) is 13.2 Å². The van der Waals surface area contributed by atoms with Gasteiger partial charge in [-0.25, -0.2) is 0 Å². The molecule has 3 nitrogen and oxygen atoms in total. The number of carbonyl (C=O) groups is 1. The molecule has 104 valence electrons. The third kappa shape index (κ3) is 3.60. The zero-order valence-electron chi connectivity index (χ0n) is 10.4. The molecule has 2 rings (SSSR count). The Bertz CT molecular complexity index is 298. The minimum absolute atomic E-state index is 0.155. The molecule has 6 heteroatoms. The highest BCUT2D eigenvalue weighted by Gasteiger charge is 2.34. The maximum absolute atomic E-state index is 12.2. The molecule has 0 unspecified atom stereocenters. The zero-order valence-corrected chi connectivity index (χ0v) is 10.4. The van der Waals surface area contributed by atoms with Gasteiger partial charge in [0.05, 0.1) is 6.54 Å². The van der Waals surface area contributed by atoms with Crippen molar-refractivity contribution >= 4 is 5.91 Å². The second-order valence-electron chi connectivity index (χ2n) is 5.17. The van der Waals surface area contributed by atoms with E-state index in [1.54, 1.807) is 0 Å². The van der Waals surface area contributed by atoms with Crippen LogP contribution in [0.2, 0.25) is 0 Å². The zero-order chi connectivity index (χ0) is 13.2. The van der Waals surface area contributed by atoms with E-state index < -0.39 is 12.7 Å². The topological polar surface area (TPSA) is 23.6 Å². The Balaban J connectivity index is 1.81. The van der Waals surface area contributed by atoms with Gasteiger partial charge in [-0.05, 0) is 25.7 Å². The van der Waals surface area contributed by atoms with E-state index in [0.29, 0.717) is 32.4 Å². The van der Waals surface area contributed by atoms with E-state index in [1.807, 2.05) is 4.90 Å². The summed E-state index contributed by atoms with van der Waals surface area (Å²) in [6.45, 7) is 0.832. The average molecular weight is 264 g/mol. The van der Waals surface area contributed by atoms with Crippen LogP contribution in [0.5, 0.6) is 0 Å². The number of halogens is 3. The fraction of sp³-hybridized carbons (Fsp3) is 0.917. The largest absolute Gasteiger partial charge is 0.401 e. The van der Waals surface area contributed by atoms with Crippen LogP contribution in [-0.4, -0.2) is 54.1 Å². The van der Waals surface area contributed by atoms with Crippen LogP contribution in [0.15, 0.2) is 0 Å². The standard InChI is InChI=1S/C12H19F3N2O/c13-12(14,15)9-16-7-4-10(5-8-16)17-6-2-1-3-11(17)18/h10H,1-9H2. The van der Waals surface area contributed by atoms with Crippen molar-refractivity contribution in [2.45, 2.75) is 44.3 Å². The number of carbonyl (C=O) groups excluding carboxylic acids is 1. The summed E-state index contributed by atoms with van der Waals surface area (Å²) in [6, 6.07) is 0.155. The lowest BCUT2D eigenvalue weighted by atomic mass is 9.99. The van der Waals surface area contributed by atoms with Gasteiger partial charge in [0.1, 0.15) is 0 Å². The van der Waals surface area contributed by atoms with Crippen LogP contribution in [0, 0.1) is 0 Å². The van der Waals surface area contributed by atoms with Crippen molar-refractivity contribution < 1.29 is 18.0 Å². The smallest absolute Gasteiger partial charge is 0.340 e. The van der Waals surface area contributed by atoms with Crippen molar-refractivity contribution in [3.05, 3.63) is 0 Å². The van der Waals surface area contributed by atoms with E-state index in [4.69, 9.17) is 0 Å². The first kappa shape index (κ1) is 13.6. The van der Waals surface area contributed by atoms with Gasteiger partial charge in [0.25, 0.3) is 0 Å². The molecule has 0 radical (unpaired) electrons. The highest BCUT2D eigenvalue weighted by molar-refractivity contribution is 5.77. The molecule has 0 aliphatic carbocycles. The third-order valence-corrected chi connectivity index (χ3v) is 3.76. The van der Waals surface area contributed by atoms with Crippen LogP contribution >= 0.6 is 0 Å². The van der Waals surface area contributed by atoms with Crippen molar-refractivity contribution in [2.75, 3.05) is 26.2 Å². The molecule has 0 atom stereocenters. The molecule has 0 saturated carbocycles. The summed E-state index contributed by atoms with van der Waals surface area (Å²) in [7, 11) is 0. The van der Waals surface area contributed by atoms with Crippen molar-refractivity contribution in [1.82, 2.24) is 9.80 Å².